The number of rotatable bonds is 5. The number of nitrogens with two attached hydrogens (primary N) is 1. The first-order chi connectivity index (χ1) is 14.5. The van der Waals surface area contributed by atoms with Crippen LogP contribution in [0.5, 0.6) is 0 Å². The molecule has 30 heavy (non-hydrogen) atoms. The van der Waals surface area contributed by atoms with Crippen LogP contribution < -0.4 is 11.1 Å². The van der Waals surface area contributed by atoms with Gasteiger partial charge < -0.3 is 11.1 Å². The molecule has 3 heterocycles. The Morgan fingerprint density at radius 3 is 2.77 bits per heavy atom. The fourth-order valence-corrected chi connectivity index (χ4v) is 3.07. The van der Waals surface area contributed by atoms with E-state index in [0.29, 0.717) is 22.5 Å². The molecule has 0 aliphatic rings. The highest BCUT2D eigenvalue weighted by Gasteiger charge is 2.22. The zero-order valence-electron chi connectivity index (χ0n) is 15.4. The average Bonchev–Trinajstić information content (AvgIpc) is 3.10. The highest BCUT2D eigenvalue weighted by Crippen LogP contribution is 2.29. The first-order valence-corrected chi connectivity index (χ1v) is 8.70. The molecule has 0 aliphatic heterocycles. The Balaban J connectivity index is 1.91. The largest absolute Gasteiger partial charge is 0.382 e. The fraction of sp³-hybridized carbons (Fsp3) is 0.0500. The third-order valence-electron chi connectivity index (χ3n) is 4.39. The second-order valence-corrected chi connectivity index (χ2v) is 6.25. The van der Waals surface area contributed by atoms with Crippen molar-refractivity contribution in [3.05, 3.63) is 78.7 Å². The molecule has 0 radical (unpaired) electrons. The van der Waals surface area contributed by atoms with Crippen molar-refractivity contribution in [1.29, 1.82) is 5.26 Å². The van der Waals surface area contributed by atoms with Crippen LogP contribution in [0.25, 0.3) is 16.7 Å². The van der Waals surface area contributed by atoms with Crippen LogP contribution >= 0.6 is 0 Å². The molecule has 4 aromatic rings. The number of nitriles is 1. The quantitative estimate of drug-likeness (QED) is 0.490. The Bertz CT molecular complexity index is 1310. The summed E-state index contributed by atoms with van der Waals surface area (Å²) >= 11 is 0. The minimum atomic E-state index is -0.690. The topological polar surface area (TPSA) is 118 Å². The van der Waals surface area contributed by atoms with Crippen LogP contribution in [0.15, 0.2) is 55.6 Å². The fourth-order valence-electron chi connectivity index (χ4n) is 3.07. The molecule has 1 unspecified atom stereocenters. The number of hydrogen-bond acceptors (Lipinski definition) is 7. The van der Waals surface area contributed by atoms with Crippen molar-refractivity contribution < 1.29 is 8.78 Å². The summed E-state index contributed by atoms with van der Waals surface area (Å²) in [7, 11) is 0. The van der Waals surface area contributed by atoms with Gasteiger partial charge in [-0.3, -0.25) is 9.55 Å². The van der Waals surface area contributed by atoms with E-state index in [1.807, 2.05) is 6.07 Å². The number of imidazole rings is 1. The van der Waals surface area contributed by atoms with Gasteiger partial charge in [0.1, 0.15) is 53.1 Å². The number of nitrogens with one attached hydrogen (secondary N) is 1. The number of fused-ring (bicyclic) bond motifs is 1. The number of aromatic nitrogens is 5. The first-order valence-electron chi connectivity index (χ1n) is 8.70. The van der Waals surface area contributed by atoms with E-state index in [4.69, 9.17) is 5.73 Å². The molecule has 0 spiro atoms. The van der Waals surface area contributed by atoms with Crippen molar-refractivity contribution in [2.45, 2.75) is 6.04 Å². The van der Waals surface area contributed by atoms with Crippen molar-refractivity contribution in [3.63, 3.8) is 0 Å². The number of nitrogens with zero attached hydrogens (tertiary/aromatic N) is 6. The zero-order valence-corrected chi connectivity index (χ0v) is 15.4. The lowest BCUT2D eigenvalue weighted by Gasteiger charge is -2.18. The maximum Gasteiger partial charge on any atom is 0.150 e. The van der Waals surface area contributed by atoms with Gasteiger partial charge in [-0.25, -0.2) is 23.7 Å². The predicted octanol–water partition coefficient (Wildman–Crippen LogP) is 3.28. The third kappa shape index (κ3) is 3.29. The number of nitrogen functional groups attached to an aromatic ring is 1. The van der Waals surface area contributed by atoms with Crippen LogP contribution in [0.4, 0.5) is 20.4 Å². The maximum atomic E-state index is 14.0. The van der Waals surface area contributed by atoms with Crippen LogP contribution in [-0.2, 0) is 0 Å². The van der Waals surface area contributed by atoms with E-state index in [0.717, 1.165) is 6.20 Å². The smallest absolute Gasteiger partial charge is 0.150 e. The van der Waals surface area contributed by atoms with Gasteiger partial charge in [-0.15, -0.1) is 6.58 Å². The highest BCUT2D eigenvalue weighted by atomic mass is 19.1. The summed E-state index contributed by atoms with van der Waals surface area (Å²) in [6.45, 7) is 3.81. The van der Waals surface area contributed by atoms with Gasteiger partial charge in [0, 0.05) is 12.1 Å². The van der Waals surface area contributed by atoms with Crippen molar-refractivity contribution in [1.82, 2.24) is 24.5 Å². The minimum Gasteiger partial charge on any atom is -0.382 e. The van der Waals surface area contributed by atoms with Gasteiger partial charge in [-0.1, -0.05) is 6.08 Å². The van der Waals surface area contributed by atoms with E-state index in [-0.39, 0.29) is 17.2 Å². The number of hydrogen-bond donors (Lipinski definition) is 2. The van der Waals surface area contributed by atoms with E-state index in [1.54, 1.807) is 4.57 Å². The predicted molar refractivity (Wildman–Crippen MR) is 107 cm³/mol. The maximum absolute atomic E-state index is 14.0. The van der Waals surface area contributed by atoms with Gasteiger partial charge in [-0.2, -0.15) is 5.26 Å². The zero-order chi connectivity index (χ0) is 21.3. The molecule has 3 N–H and O–H groups in total. The summed E-state index contributed by atoms with van der Waals surface area (Å²) in [6.07, 6.45) is 5.24. The van der Waals surface area contributed by atoms with E-state index in [2.05, 4.69) is 31.8 Å². The molecule has 0 bridgehead atoms. The summed E-state index contributed by atoms with van der Waals surface area (Å²) in [4.78, 5) is 16.3. The van der Waals surface area contributed by atoms with Gasteiger partial charge in [0.05, 0.1) is 29.1 Å². The summed E-state index contributed by atoms with van der Waals surface area (Å²) in [6, 6.07) is 6.60. The number of pyridine rings is 1. The molecule has 8 nitrogen and oxygen atoms in total. The molecule has 148 valence electrons. The van der Waals surface area contributed by atoms with Crippen LogP contribution in [0, 0.1) is 23.0 Å². The lowest BCUT2D eigenvalue weighted by molar-refractivity contribution is 0.619. The Morgan fingerprint density at radius 1 is 1.20 bits per heavy atom. The van der Waals surface area contributed by atoms with Crippen LogP contribution in [0.2, 0.25) is 0 Å². The Hall–Kier alpha value is -4.39. The normalized spacial score (nSPS) is 11.8. The number of halogens is 2. The molecule has 0 fully saturated rings. The lowest BCUT2D eigenvalue weighted by atomic mass is 10.2. The molecule has 0 saturated carbocycles. The van der Waals surface area contributed by atoms with E-state index in [1.165, 1.54) is 42.9 Å². The second-order valence-electron chi connectivity index (χ2n) is 6.25. The standard InChI is InChI=1S/C20H14F2N8/c1-2-15(28-19-14(7-23)18(24)26-10-27-19)20-29-16-4-3-11(21)6-17(16)30(20)13-5-12(22)8-25-9-13/h2-6,8-10,15H,1H2,(H3,24,26,27,28). The monoisotopic (exact) mass is 404 g/mol. The van der Waals surface area contributed by atoms with Gasteiger partial charge in [0.15, 0.2) is 0 Å². The van der Waals surface area contributed by atoms with Crippen molar-refractivity contribution in [3.8, 4) is 11.8 Å². The molecular weight excluding hydrogens is 390 g/mol. The SMILES string of the molecule is C=CC(Nc1ncnc(N)c1C#N)c1nc2ccc(F)cc2n1-c1cncc(F)c1. The third-order valence-corrected chi connectivity index (χ3v) is 4.39. The summed E-state index contributed by atoms with van der Waals surface area (Å²) in [5.41, 5.74) is 7.04. The van der Waals surface area contributed by atoms with Crippen molar-refractivity contribution in [2.75, 3.05) is 11.1 Å². The summed E-state index contributed by atoms with van der Waals surface area (Å²) in [5.74, 6) is -0.480. The van der Waals surface area contributed by atoms with Crippen LogP contribution in [0.3, 0.4) is 0 Å². The van der Waals surface area contributed by atoms with Crippen molar-refractivity contribution >= 4 is 22.7 Å². The van der Waals surface area contributed by atoms with Gasteiger partial charge in [-0.05, 0) is 12.1 Å². The van der Waals surface area contributed by atoms with E-state index in [9.17, 15) is 14.0 Å². The average molecular weight is 404 g/mol. The summed E-state index contributed by atoms with van der Waals surface area (Å²) in [5, 5.41) is 12.4. The first kappa shape index (κ1) is 18.9. The van der Waals surface area contributed by atoms with Gasteiger partial charge in [0.2, 0.25) is 0 Å². The van der Waals surface area contributed by atoms with Crippen molar-refractivity contribution in [2.24, 2.45) is 0 Å². The molecule has 0 aliphatic carbocycles. The number of benzene rings is 1. The highest BCUT2D eigenvalue weighted by molar-refractivity contribution is 5.79. The Morgan fingerprint density at radius 2 is 2.03 bits per heavy atom. The van der Waals surface area contributed by atoms with Gasteiger partial charge in [0.25, 0.3) is 0 Å². The van der Waals surface area contributed by atoms with Crippen LogP contribution in [0.1, 0.15) is 17.4 Å². The molecular formula is C20H14F2N8. The molecule has 3 aromatic heterocycles. The lowest BCUT2D eigenvalue weighted by Crippen LogP contribution is -2.16. The summed E-state index contributed by atoms with van der Waals surface area (Å²) < 4.78 is 29.4. The molecule has 4 rings (SSSR count). The minimum absolute atomic E-state index is 0.0164. The number of anilines is 2. The molecule has 10 heteroatoms. The molecule has 1 aromatic carbocycles. The molecule has 0 amide bonds. The van der Waals surface area contributed by atoms with Crippen LogP contribution in [-0.4, -0.2) is 24.5 Å². The molecule has 1 atom stereocenters. The Kier molecular flexibility index (Phi) is 4.77. The van der Waals surface area contributed by atoms with E-state index >= 15 is 0 Å². The van der Waals surface area contributed by atoms with E-state index < -0.39 is 17.7 Å². The molecule has 0 saturated heterocycles. The Labute approximate surface area is 169 Å². The second kappa shape index (κ2) is 7.56. The van der Waals surface area contributed by atoms with Gasteiger partial charge >= 0.3 is 0 Å².